The summed E-state index contributed by atoms with van der Waals surface area (Å²) >= 11 is -2.52. The van der Waals surface area contributed by atoms with Crippen LogP contribution in [0.1, 0.15) is 27.7 Å². The van der Waals surface area contributed by atoms with Crippen LogP contribution in [0.2, 0.25) is 0 Å². The van der Waals surface area contributed by atoms with E-state index in [0.717, 1.165) is 33.0 Å². The van der Waals surface area contributed by atoms with Gasteiger partial charge in [-0.2, -0.15) is 0 Å². The van der Waals surface area contributed by atoms with Crippen molar-refractivity contribution in [1.82, 2.24) is 9.38 Å². The molecule has 0 amide bonds. The van der Waals surface area contributed by atoms with E-state index >= 15 is 0 Å². The lowest BCUT2D eigenvalue weighted by atomic mass is 10.1. The molecule has 0 spiro atoms. The van der Waals surface area contributed by atoms with Gasteiger partial charge in [-0.05, 0) is 51.3 Å². The molecule has 2 aromatic heterocycles. The largest absolute Gasteiger partial charge is 1.00 e. The van der Waals surface area contributed by atoms with Crippen molar-refractivity contribution in [3.63, 3.8) is 0 Å². The molecule has 0 fully saturated rings. The molecule has 0 radical (unpaired) electrons. The summed E-state index contributed by atoms with van der Waals surface area (Å²) in [5, 5.41) is 14.3. The van der Waals surface area contributed by atoms with Gasteiger partial charge in [0.25, 0.3) is 0 Å². The van der Waals surface area contributed by atoms with E-state index in [4.69, 9.17) is 16.3 Å². The number of pyridine rings is 1. The van der Waals surface area contributed by atoms with Crippen LogP contribution in [0, 0.1) is 0 Å². The van der Waals surface area contributed by atoms with Gasteiger partial charge >= 0.3 is 15.1 Å². The van der Waals surface area contributed by atoms with Crippen LogP contribution in [0.25, 0.3) is 38.6 Å². The zero-order chi connectivity index (χ0) is 23.8. The first kappa shape index (κ1) is 22.7. The molecule has 1 N–H and O–H groups in total. The van der Waals surface area contributed by atoms with Crippen LogP contribution >= 0.6 is 0 Å². The van der Waals surface area contributed by atoms with Crippen molar-refractivity contribution in [1.29, 1.82) is 0 Å². The average molecular weight is 471 g/mol. The Bertz CT molecular complexity index is 1470. The number of phenols is 1. The fourth-order valence-electron chi connectivity index (χ4n) is 4.28. The summed E-state index contributed by atoms with van der Waals surface area (Å²) in [5.74, 6) is 0.621. The molecule has 7 heteroatoms. The topological polar surface area (TPSA) is 65.2 Å². The molecule has 0 unspecified atom stereocenters. The number of imidazole rings is 1. The third kappa shape index (κ3) is 4.13. The van der Waals surface area contributed by atoms with E-state index in [1.807, 2.05) is 58.0 Å². The molecule has 5 aromatic rings. The van der Waals surface area contributed by atoms with Crippen LogP contribution < -0.4 is 3.79 Å². The monoisotopic (exact) mass is 470 g/mol. The van der Waals surface area contributed by atoms with E-state index in [-0.39, 0.29) is 18.0 Å². The second kappa shape index (κ2) is 9.28. The maximum absolute atomic E-state index is 11.0. The van der Waals surface area contributed by atoms with Crippen LogP contribution in [-0.4, -0.2) is 41.8 Å². The molecular weight excluding hydrogens is 443 g/mol. The Morgan fingerprint density at radius 2 is 1.44 bits per heavy atom. The second-order valence-corrected chi connectivity index (χ2v) is 10.1. The Balaban J connectivity index is 1.74. The van der Waals surface area contributed by atoms with Crippen LogP contribution in [0.4, 0.5) is 0 Å². The average Bonchev–Trinajstić information content (AvgIpc) is 3.24. The Kier molecular flexibility index (Phi) is 6.20. The first-order valence-corrected chi connectivity index (χ1v) is 12.9. The van der Waals surface area contributed by atoms with Crippen LogP contribution in [-0.2, 0) is 7.58 Å². The molecule has 0 aliphatic heterocycles. The predicted molar refractivity (Wildman–Crippen MR) is 136 cm³/mol. The summed E-state index contributed by atoms with van der Waals surface area (Å²) in [7, 11) is 0. The number of aromatic hydroxyl groups is 1. The number of nitrogens with zero attached hydrogens (tertiary/aromatic N) is 2. The second-order valence-electron chi connectivity index (χ2n) is 8.79. The molecule has 0 aliphatic carbocycles. The van der Waals surface area contributed by atoms with E-state index < -0.39 is 15.1 Å². The summed E-state index contributed by atoms with van der Waals surface area (Å²) in [6.07, 6.45) is 1.71. The van der Waals surface area contributed by atoms with Crippen molar-refractivity contribution >= 4 is 42.5 Å². The van der Waals surface area contributed by atoms with Gasteiger partial charge in [-0.15, -0.1) is 0 Å². The Labute approximate surface area is 203 Å². The molecule has 5 rings (SSSR count). The third-order valence-electron chi connectivity index (χ3n) is 5.62. The van der Waals surface area contributed by atoms with Crippen molar-refractivity contribution in [3.8, 4) is 22.8 Å². The van der Waals surface area contributed by atoms with Gasteiger partial charge in [-0.25, -0.2) is 4.98 Å². The van der Waals surface area contributed by atoms with E-state index in [1.54, 1.807) is 18.3 Å². The number of hydrogen-bond acceptors (Lipinski definition) is 5. The van der Waals surface area contributed by atoms with Crippen molar-refractivity contribution in [2.24, 2.45) is 0 Å². The number of fused-ring (bicyclic) bond motifs is 6. The number of rotatable bonds is 7. The van der Waals surface area contributed by atoms with E-state index in [9.17, 15) is 5.11 Å². The normalized spacial score (nSPS) is 11.8. The number of hydrogen-bond donors (Lipinski definition) is 1. The maximum atomic E-state index is 11.0. The van der Waals surface area contributed by atoms with Gasteiger partial charge in [0.1, 0.15) is 11.4 Å². The quantitative estimate of drug-likeness (QED) is 0.226. The van der Waals surface area contributed by atoms with Crippen LogP contribution in [0.3, 0.4) is 0 Å². The standard InChI is InChI=1S/C21H14N2O2.2C3H7O.Al/c24-18-10-5-11-19(25)20(18)17-12-22-21-15-8-2-1-6-13(15)14-7-3-4-9-16(14)23(17)21;2*1-3(2)4;/h1-12,24-25H;2*3H,1-2H3;/q;2*-1;+3/p-1. The molecule has 0 bridgehead atoms. The smallest absolute Gasteiger partial charge is 0.598 e. The Morgan fingerprint density at radius 1 is 0.794 bits per heavy atom. The lowest BCUT2D eigenvalue weighted by Gasteiger charge is -2.21. The Morgan fingerprint density at radius 3 is 2.15 bits per heavy atom. The van der Waals surface area contributed by atoms with Gasteiger partial charge < -0.3 is 16.5 Å². The van der Waals surface area contributed by atoms with Crippen LogP contribution in [0.15, 0.2) is 72.9 Å². The van der Waals surface area contributed by atoms with E-state index in [2.05, 4.69) is 28.7 Å². The minimum absolute atomic E-state index is 0.0396. The van der Waals surface area contributed by atoms with Gasteiger partial charge in [-0.1, -0.05) is 48.5 Å². The highest BCUT2D eigenvalue weighted by atomic mass is 27.3. The highest BCUT2D eigenvalue weighted by Crippen LogP contribution is 2.41. The molecule has 0 saturated carbocycles. The molecule has 0 saturated heterocycles. The van der Waals surface area contributed by atoms with Crippen molar-refractivity contribution in [3.05, 3.63) is 72.9 Å². The lowest BCUT2D eigenvalue weighted by molar-refractivity contribution is 0.0850. The molecule has 172 valence electrons. The van der Waals surface area contributed by atoms with Gasteiger partial charge in [0.05, 0.1) is 28.7 Å². The highest BCUT2D eigenvalue weighted by Gasteiger charge is 2.38. The fraction of sp³-hybridized carbons (Fsp3) is 0.222. The zero-order valence-corrected chi connectivity index (χ0v) is 20.9. The lowest BCUT2D eigenvalue weighted by Crippen LogP contribution is -2.35. The first-order chi connectivity index (χ1) is 16.4. The number of aromatic nitrogens is 2. The number of benzene rings is 3. The van der Waals surface area contributed by atoms with E-state index in [1.165, 1.54) is 0 Å². The maximum Gasteiger partial charge on any atom is 1.00 e. The molecule has 0 aliphatic rings. The van der Waals surface area contributed by atoms with Crippen LogP contribution in [0.5, 0.6) is 11.5 Å². The zero-order valence-electron chi connectivity index (χ0n) is 19.7. The van der Waals surface area contributed by atoms with Crippen molar-refractivity contribution < 1.29 is 16.5 Å². The van der Waals surface area contributed by atoms with Crippen molar-refractivity contribution in [2.45, 2.75) is 39.9 Å². The summed E-state index contributed by atoms with van der Waals surface area (Å²) in [5.41, 5.74) is 3.13. The SMILES string of the molecule is CC(C)[O][Al]([O]c1cccc(O)c1-c1cnc2c3ccccc3c3ccccc3n12)[O]C(C)C. The van der Waals surface area contributed by atoms with E-state index in [0.29, 0.717) is 11.3 Å². The van der Waals surface area contributed by atoms with Gasteiger partial charge in [0, 0.05) is 23.0 Å². The first-order valence-electron chi connectivity index (χ1n) is 11.5. The highest BCUT2D eigenvalue weighted by molar-refractivity contribution is 6.37. The Hall–Kier alpha value is -3.08. The molecule has 3 aromatic carbocycles. The molecule has 6 nitrogen and oxygen atoms in total. The summed E-state index contributed by atoms with van der Waals surface area (Å²) < 4.78 is 20.4. The number of phenolic OH excluding ortho intramolecular Hbond substituents is 1. The fourth-order valence-corrected chi connectivity index (χ4v) is 5.75. The molecule has 34 heavy (non-hydrogen) atoms. The molecule has 2 heterocycles. The number of para-hydroxylation sites is 1. The summed E-state index contributed by atoms with van der Waals surface area (Å²) in [6.45, 7) is 7.83. The summed E-state index contributed by atoms with van der Waals surface area (Å²) in [6, 6.07) is 21.7. The molecule has 0 atom stereocenters. The minimum atomic E-state index is -2.52. The molecular formula is C27H27AlN2O4. The summed E-state index contributed by atoms with van der Waals surface area (Å²) in [4.78, 5) is 4.78. The van der Waals surface area contributed by atoms with Gasteiger partial charge in [0.15, 0.2) is 0 Å². The van der Waals surface area contributed by atoms with Gasteiger partial charge in [0.2, 0.25) is 0 Å². The van der Waals surface area contributed by atoms with Gasteiger partial charge in [-0.3, -0.25) is 4.40 Å². The predicted octanol–water partition coefficient (Wildman–Crippen LogP) is 6.23. The minimum Gasteiger partial charge on any atom is -0.598 e. The third-order valence-corrected chi connectivity index (χ3v) is 7.59. The van der Waals surface area contributed by atoms with Crippen molar-refractivity contribution in [2.75, 3.05) is 0 Å².